The number of carbonyl (C=O) groups excluding carboxylic acids is 1. The molecule has 11 N–H and O–H groups in total. The van der Waals surface area contributed by atoms with Crippen LogP contribution in [0.4, 0.5) is 0 Å². The molecule has 0 aromatic heterocycles. The van der Waals surface area contributed by atoms with Crippen LogP contribution in [0.3, 0.4) is 0 Å². The van der Waals surface area contributed by atoms with Crippen molar-refractivity contribution in [3.8, 4) is 0 Å². The van der Waals surface area contributed by atoms with Crippen molar-refractivity contribution >= 4 is 5.91 Å². The number of rotatable bonds is 8. The predicted molar refractivity (Wildman–Crippen MR) is 113 cm³/mol. The molecule has 0 aromatic carbocycles. The van der Waals surface area contributed by atoms with E-state index >= 15 is 0 Å². The molecule has 0 aromatic rings. The zero-order valence-electron chi connectivity index (χ0n) is 19.7. The van der Waals surface area contributed by atoms with Crippen LogP contribution >= 0.6 is 0 Å². The molecule has 216 valence electrons. The topological polar surface area (TPSA) is 278 Å². The molecule has 3 fully saturated rings. The number of carbonyl (C=O) groups is 1. The second-order valence-corrected chi connectivity index (χ2v) is 9.07. The fraction of sp³-hybridized carbons (Fsp3) is 0.950. The molecule has 17 heteroatoms. The zero-order valence-corrected chi connectivity index (χ0v) is 19.7. The first-order chi connectivity index (χ1) is 17.4. The van der Waals surface area contributed by atoms with E-state index in [9.17, 15) is 55.9 Å². The number of aliphatic hydroxyl groups is 10. The van der Waals surface area contributed by atoms with Crippen LogP contribution in [-0.2, 0) is 28.5 Å². The molecule has 1 amide bonds. The van der Waals surface area contributed by atoms with Crippen LogP contribution in [0.2, 0.25) is 0 Å². The summed E-state index contributed by atoms with van der Waals surface area (Å²) in [6.45, 7) is -1.26. The third-order valence-corrected chi connectivity index (χ3v) is 6.49. The van der Waals surface area contributed by atoms with Gasteiger partial charge in [0.25, 0.3) is 0 Å². The van der Waals surface area contributed by atoms with Crippen molar-refractivity contribution in [2.45, 2.75) is 99.0 Å². The number of hydrogen-bond donors (Lipinski definition) is 11. The van der Waals surface area contributed by atoms with Gasteiger partial charge in [-0.1, -0.05) is 0 Å². The van der Waals surface area contributed by atoms with E-state index in [-0.39, 0.29) is 0 Å². The Bertz CT molecular complexity index is 745. The highest BCUT2D eigenvalue weighted by Crippen LogP contribution is 2.32. The number of amides is 1. The zero-order chi connectivity index (χ0) is 27.6. The van der Waals surface area contributed by atoms with Crippen molar-refractivity contribution in [3.05, 3.63) is 0 Å². The third-order valence-electron chi connectivity index (χ3n) is 6.49. The average Bonchev–Trinajstić information content (AvgIpc) is 2.87. The van der Waals surface area contributed by atoms with E-state index in [4.69, 9.17) is 23.7 Å². The minimum Gasteiger partial charge on any atom is -0.394 e. The lowest BCUT2D eigenvalue weighted by Crippen LogP contribution is -2.68. The Labute approximate surface area is 210 Å². The Hall–Kier alpha value is -1.13. The van der Waals surface area contributed by atoms with Gasteiger partial charge in [0, 0.05) is 6.92 Å². The second kappa shape index (κ2) is 12.8. The van der Waals surface area contributed by atoms with E-state index in [1.807, 2.05) is 0 Å². The molecule has 15 atom stereocenters. The molecule has 3 saturated heterocycles. The fourth-order valence-corrected chi connectivity index (χ4v) is 4.45. The molecule has 0 radical (unpaired) electrons. The molecule has 0 bridgehead atoms. The summed E-state index contributed by atoms with van der Waals surface area (Å²) in [5.74, 6) is -0.661. The highest BCUT2D eigenvalue weighted by atomic mass is 16.8. The summed E-state index contributed by atoms with van der Waals surface area (Å²) in [5.41, 5.74) is 0. The van der Waals surface area contributed by atoms with Gasteiger partial charge in [0.2, 0.25) is 5.91 Å². The van der Waals surface area contributed by atoms with Gasteiger partial charge in [0.05, 0.1) is 19.8 Å². The van der Waals surface area contributed by atoms with Gasteiger partial charge in [0.15, 0.2) is 18.9 Å². The van der Waals surface area contributed by atoms with Crippen molar-refractivity contribution in [1.29, 1.82) is 0 Å². The maximum atomic E-state index is 11.7. The summed E-state index contributed by atoms with van der Waals surface area (Å²) < 4.78 is 27.3. The third kappa shape index (κ3) is 6.38. The van der Waals surface area contributed by atoms with Crippen molar-refractivity contribution in [2.75, 3.05) is 19.8 Å². The molecular weight excluding hydrogens is 510 g/mol. The minimum absolute atomic E-state index is 0.661. The first-order valence-corrected chi connectivity index (χ1v) is 11.6. The van der Waals surface area contributed by atoms with Gasteiger partial charge in [0.1, 0.15) is 73.2 Å². The fourth-order valence-electron chi connectivity index (χ4n) is 4.45. The lowest BCUT2D eigenvalue weighted by Gasteiger charge is -2.49. The Morgan fingerprint density at radius 3 is 1.70 bits per heavy atom. The predicted octanol–water partition coefficient (Wildman–Crippen LogP) is -7.43. The molecule has 3 aliphatic rings. The van der Waals surface area contributed by atoms with E-state index in [0.29, 0.717) is 0 Å². The van der Waals surface area contributed by atoms with E-state index in [1.54, 1.807) is 0 Å². The molecular formula is C20H35NO16. The maximum Gasteiger partial charge on any atom is 0.217 e. The summed E-state index contributed by atoms with van der Waals surface area (Å²) in [7, 11) is 0. The minimum atomic E-state index is -1.94. The standard InChI is InChI=1S/C20H35NO16/c1-5(25)21-9-12(28)10(26)6(2-22)34-19(9)37-17-15(31)18(32)33-8(4-24)16(17)36-20-14(30)13(29)11(27)7(3-23)35-20/h6-20,22-24,26-32H,2-4H2,1H3,(H,21,25)/t6-,7-,8-,9-,10-,11-,12-,13+,14+,15-,16+,17-,18?,19+,20+/m1/s1. The highest BCUT2D eigenvalue weighted by molar-refractivity contribution is 5.73. The lowest BCUT2D eigenvalue weighted by molar-refractivity contribution is -0.377. The van der Waals surface area contributed by atoms with Crippen LogP contribution < -0.4 is 5.32 Å². The van der Waals surface area contributed by atoms with Crippen molar-refractivity contribution in [3.63, 3.8) is 0 Å². The number of hydrogen-bond acceptors (Lipinski definition) is 16. The van der Waals surface area contributed by atoms with Crippen molar-refractivity contribution < 1.29 is 79.5 Å². The van der Waals surface area contributed by atoms with Gasteiger partial charge in [-0.25, -0.2) is 0 Å². The van der Waals surface area contributed by atoms with Gasteiger partial charge in [-0.05, 0) is 0 Å². The van der Waals surface area contributed by atoms with Gasteiger partial charge in [-0.3, -0.25) is 4.79 Å². The number of aliphatic hydroxyl groups excluding tert-OH is 10. The van der Waals surface area contributed by atoms with E-state index in [1.165, 1.54) is 0 Å². The summed E-state index contributed by atoms with van der Waals surface area (Å²) >= 11 is 0. The smallest absolute Gasteiger partial charge is 0.217 e. The second-order valence-electron chi connectivity index (χ2n) is 9.07. The van der Waals surface area contributed by atoms with Crippen LogP contribution in [0.15, 0.2) is 0 Å². The Morgan fingerprint density at radius 2 is 1.16 bits per heavy atom. The molecule has 17 nitrogen and oxygen atoms in total. The van der Waals surface area contributed by atoms with E-state index < -0.39 is 118 Å². The van der Waals surface area contributed by atoms with Gasteiger partial charge < -0.3 is 80.1 Å². The van der Waals surface area contributed by atoms with Crippen LogP contribution in [0, 0.1) is 0 Å². The van der Waals surface area contributed by atoms with Crippen molar-refractivity contribution in [1.82, 2.24) is 5.32 Å². The summed E-state index contributed by atoms with van der Waals surface area (Å²) in [4.78, 5) is 11.7. The maximum absolute atomic E-state index is 11.7. The average molecular weight is 545 g/mol. The molecule has 3 aliphatic heterocycles. The first kappa shape index (κ1) is 30.4. The SMILES string of the molecule is CC(=O)N[C@H]1[C@H](O[C@H]2[C@@H](O[C@@H]3O[C@H](CO)[C@@H](O)[C@H](O)[C@@H]3O)[C@@H](CO)OC(O)[C@@H]2O)O[C@H](CO)[C@@H](O)[C@@H]1O. The molecule has 1 unspecified atom stereocenters. The Kier molecular flexibility index (Phi) is 10.5. The van der Waals surface area contributed by atoms with E-state index in [2.05, 4.69) is 5.32 Å². The Balaban J connectivity index is 1.90. The summed E-state index contributed by atoms with van der Waals surface area (Å²) in [6.07, 6.45) is -23.5. The Morgan fingerprint density at radius 1 is 0.649 bits per heavy atom. The number of ether oxygens (including phenoxy) is 5. The molecule has 0 saturated carbocycles. The van der Waals surface area contributed by atoms with Crippen LogP contribution in [-0.4, -0.2) is 169 Å². The van der Waals surface area contributed by atoms with Gasteiger partial charge in [-0.15, -0.1) is 0 Å². The van der Waals surface area contributed by atoms with Gasteiger partial charge in [-0.2, -0.15) is 0 Å². The molecule has 3 rings (SSSR count). The van der Waals surface area contributed by atoms with Gasteiger partial charge >= 0.3 is 0 Å². The molecule has 0 spiro atoms. The van der Waals surface area contributed by atoms with E-state index in [0.717, 1.165) is 6.92 Å². The quantitative estimate of drug-likeness (QED) is 0.135. The molecule has 37 heavy (non-hydrogen) atoms. The molecule has 3 heterocycles. The van der Waals surface area contributed by atoms with Crippen LogP contribution in [0.1, 0.15) is 6.92 Å². The monoisotopic (exact) mass is 545 g/mol. The van der Waals surface area contributed by atoms with Crippen molar-refractivity contribution in [2.24, 2.45) is 0 Å². The largest absolute Gasteiger partial charge is 0.394 e. The summed E-state index contributed by atoms with van der Waals surface area (Å²) in [5, 5.41) is 103. The highest BCUT2D eigenvalue weighted by Gasteiger charge is 2.54. The summed E-state index contributed by atoms with van der Waals surface area (Å²) in [6, 6.07) is -1.44. The van der Waals surface area contributed by atoms with Crippen LogP contribution in [0.5, 0.6) is 0 Å². The molecule has 0 aliphatic carbocycles. The lowest BCUT2D eigenvalue weighted by atomic mass is 9.95. The first-order valence-electron chi connectivity index (χ1n) is 11.6. The normalized spacial score (nSPS) is 49.0. The number of nitrogens with one attached hydrogen (secondary N) is 1. The van der Waals surface area contributed by atoms with Crippen LogP contribution in [0.25, 0.3) is 0 Å².